The molecular formula is C21H33N3O3. The first-order chi connectivity index (χ1) is 12.8. The van der Waals surface area contributed by atoms with Crippen LogP contribution in [-0.2, 0) is 16.0 Å². The summed E-state index contributed by atoms with van der Waals surface area (Å²) in [6, 6.07) is 9.58. The average Bonchev–Trinajstić information content (AvgIpc) is 3.08. The van der Waals surface area contributed by atoms with Crippen LogP contribution >= 0.6 is 0 Å². The van der Waals surface area contributed by atoms with Gasteiger partial charge in [-0.2, -0.15) is 0 Å². The minimum atomic E-state index is -0.573. The number of ether oxygens (including phenoxy) is 1. The van der Waals surface area contributed by atoms with Gasteiger partial charge in [-0.3, -0.25) is 9.80 Å². The molecule has 6 heteroatoms. The van der Waals surface area contributed by atoms with Gasteiger partial charge in [0.25, 0.3) is 0 Å². The van der Waals surface area contributed by atoms with Crippen molar-refractivity contribution in [2.45, 2.75) is 65.0 Å². The van der Waals surface area contributed by atoms with Gasteiger partial charge in [0.15, 0.2) is 0 Å². The molecule has 1 aliphatic heterocycles. The third kappa shape index (κ3) is 7.21. The number of benzene rings is 1. The van der Waals surface area contributed by atoms with E-state index in [2.05, 4.69) is 10.3 Å². The smallest absolute Gasteiger partial charge is 0.407 e. The van der Waals surface area contributed by atoms with Crippen LogP contribution in [0.4, 0.5) is 4.79 Å². The van der Waals surface area contributed by atoms with E-state index in [0.29, 0.717) is 13.0 Å². The maximum Gasteiger partial charge on any atom is 0.407 e. The number of carbonyl (C=O) groups is 2. The summed E-state index contributed by atoms with van der Waals surface area (Å²) >= 11 is 0. The number of carbonyl (C=O) groups excluding carboxylic acids is 2. The van der Waals surface area contributed by atoms with Crippen LogP contribution in [0.25, 0.3) is 0 Å². The van der Waals surface area contributed by atoms with E-state index in [9.17, 15) is 9.59 Å². The summed E-state index contributed by atoms with van der Waals surface area (Å²) in [4.78, 5) is 25.2. The van der Waals surface area contributed by atoms with Gasteiger partial charge in [-0.25, -0.2) is 9.80 Å². The van der Waals surface area contributed by atoms with Crippen molar-refractivity contribution < 1.29 is 14.3 Å². The van der Waals surface area contributed by atoms with Gasteiger partial charge in [0.2, 0.25) is 5.91 Å². The van der Waals surface area contributed by atoms with Crippen molar-refractivity contribution >= 4 is 12.0 Å². The molecule has 0 saturated carbocycles. The fourth-order valence-corrected chi connectivity index (χ4v) is 3.34. The van der Waals surface area contributed by atoms with Crippen LogP contribution in [0.3, 0.4) is 0 Å². The second-order valence-corrected chi connectivity index (χ2v) is 8.01. The lowest BCUT2D eigenvalue weighted by molar-refractivity contribution is -0.147. The molecular weight excluding hydrogens is 342 g/mol. The Morgan fingerprint density at radius 3 is 2.37 bits per heavy atom. The Bertz CT molecular complexity index is 607. The van der Waals surface area contributed by atoms with E-state index in [1.54, 1.807) is 0 Å². The number of hydrazine groups is 1. The molecule has 1 atom stereocenters. The maximum absolute atomic E-state index is 12.9. The van der Waals surface area contributed by atoms with Gasteiger partial charge in [0.1, 0.15) is 5.60 Å². The third-order valence-electron chi connectivity index (χ3n) is 4.48. The second kappa shape index (κ2) is 9.74. The summed E-state index contributed by atoms with van der Waals surface area (Å²) in [7, 11) is 0. The van der Waals surface area contributed by atoms with Crippen LogP contribution in [0.5, 0.6) is 0 Å². The summed E-state index contributed by atoms with van der Waals surface area (Å²) in [6.45, 7) is 9.96. The Hall–Kier alpha value is -2.08. The molecule has 150 valence electrons. The summed E-state index contributed by atoms with van der Waals surface area (Å²) in [5, 5.41) is 6.84. The zero-order valence-corrected chi connectivity index (χ0v) is 17.0. The molecule has 1 aromatic carbocycles. The molecule has 27 heavy (non-hydrogen) atoms. The molecule has 2 rings (SSSR count). The molecule has 1 aromatic rings. The summed E-state index contributed by atoms with van der Waals surface area (Å²) in [5.41, 5.74) is 0.506. The predicted octanol–water partition coefficient (Wildman–Crippen LogP) is 3.37. The van der Waals surface area contributed by atoms with Crippen molar-refractivity contribution in [1.29, 1.82) is 0 Å². The number of hydrogen-bond donors (Lipinski definition) is 1. The van der Waals surface area contributed by atoms with Gasteiger partial charge in [-0.05, 0) is 52.5 Å². The molecule has 1 heterocycles. The Balaban J connectivity index is 2.05. The minimum Gasteiger partial charge on any atom is -0.444 e. The number of amides is 2. The first kappa shape index (κ1) is 21.2. The first-order valence-corrected chi connectivity index (χ1v) is 9.87. The Kier molecular flexibility index (Phi) is 7.66. The highest BCUT2D eigenvalue weighted by molar-refractivity contribution is 5.77. The van der Waals surface area contributed by atoms with Crippen molar-refractivity contribution in [3.8, 4) is 0 Å². The van der Waals surface area contributed by atoms with E-state index >= 15 is 0 Å². The van der Waals surface area contributed by atoms with Crippen LogP contribution in [-0.4, -0.2) is 53.3 Å². The average molecular weight is 376 g/mol. The Labute approximate surface area is 162 Å². The molecule has 1 saturated heterocycles. The van der Waals surface area contributed by atoms with Gasteiger partial charge >= 0.3 is 6.09 Å². The normalized spacial score (nSPS) is 16.0. The highest BCUT2D eigenvalue weighted by atomic mass is 16.6. The number of nitrogens with zero attached hydrogens (tertiary/aromatic N) is 2. The van der Waals surface area contributed by atoms with Crippen LogP contribution in [0.1, 0.15) is 52.5 Å². The van der Waals surface area contributed by atoms with Gasteiger partial charge < -0.3 is 10.1 Å². The molecule has 0 aliphatic carbocycles. The molecule has 1 fully saturated rings. The fourth-order valence-electron chi connectivity index (χ4n) is 3.34. The summed E-state index contributed by atoms with van der Waals surface area (Å²) in [6.07, 6.45) is 2.59. The van der Waals surface area contributed by atoms with Gasteiger partial charge in [-0.1, -0.05) is 30.3 Å². The molecule has 0 bridgehead atoms. The third-order valence-corrected chi connectivity index (χ3v) is 4.48. The molecule has 0 radical (unpaired) electrons. The monoisotopic (exact) mass is 375 g/mol. The van der Waals surface area contributed by atoms with Crippen molar-refractivity contribution in [2.75, 3.05) is 19.6 Å². The molecule has 1 aliphatic rings. The lowest BCUT2D eigenvalue weighted by atomic mass is 10.0. The number of nitrogens with one attached hydrogen (secondary N) is 1. The van der Waals surface area contributed by atoms with E-state index < -0.39 is 11.7 Å². The van der Waals surface area contributed by atoms with E-state index in [1.165, 1.54) is 0 Å². The van der Waals surface area contributed by atoms with Crippen molar-refractivity contribution in [3.63, 3.8) is 0 Å². The van der Waals surface area contributed by atoms with Crippen LogP contribution < -0.4 is 5.32 Å². The molecule has 0 spiro atoms. The highest BCUT2D eigenvalue weighted by Gasteiger charge is 2.27. The summed E-state index contributed by atoms with van der Waals surface area (Å²) in [5.74, 6) is 0.0383. The van der Waals surface area contributed by atoms with Crippen LogP contribution in [0, 0.1) is 0 Å². The fraction of sp³-hybridized carbons (Fsp3) is 0.619. The van der Waals surface area contributed by atoms with E-state index in [4.69, 9.17) is 4.74 Å². The van der Waals surface area contributed by atoms with Crippen molar-refractivity contribution in [1.82, 2.24) is 15.3 Å². The number of alkyl carbamates (subject to hydrolysis) is 1. The zero-order chi connectivity index (χ0) is 19.9. The molecule has 0 aromatic heterocycles. The molecule has 0 unspecified atom stereocenters. The molecule has 6 nitrogen and oxygen atoms in total. The predicted molar refractivity (Wildman–Crippen MR) is 106 cm³/mol. The molecule has 2 amide bonds. The van der Waals surface area contributed by atoms with E-state index in [1.807, 2.05) is 63.0 Å². The van der Waals surface area contributed by atoms with Gasteiger partial charge in [0, 0.05) is 32.1 Å². The van der Waals surface area contributed by atoms with Gasteiger partial charge in [-0.15, -0.1) is 0 Å². The number of hydrogen-bond acceptors (Lipinski definition) is 4. The second-order valence-electron chi connectivity index (χ2n) is 8.01. The topological polar surface area (TPSA) is 61.9 Å². The largest absolute Gasteiger partial charge is 0.444 e. The Morgan fingerprint density at radius 1 is 1.19 bits per heavy atom. The highest BCUT2D eigenvalue weighted by Crippen LogP contribution is 2.15. The standard InChI is InChI=1S/C21H33N3O3/c1-5-24(23-13-9-10-14-23)19(25)16-18(15-17-11-7-6-8-12-17)22-20(26)27-21(2,3)4/h6-8,11-12,18H,5,9-10,13-16H2,1-4H3,(H,22,26)/t18-/m0/s1. The van der Waals surface area contributed by atoms with E-state index in [-0.39, 0.29) is 18.4 Å². The SMILES string of the molecule is CCN(C(=O)C[C@H](Cc1ccccc1)NC(=O)OC(C)(C)C)N1CCCC1. The quantitative estimate of drug-likeness (QED) is 0.794. The lowest BCUT2D eigenvalue weighted by Crippen LogP contribution is -2.48. The maximum atomic E-state index is 12.9. The van der Waals surface area contributed by atoms with Crippen molar-refractivity contribution in [3.05, 3.63) is 35.9 Å². The Morgan fingerprint density at radius 2 is 1.81 bits per heavy atom. The zero-order valence-electron chi connectivity index (χ0n) is 17.0. The lowest BCUT2D eigenvalue weighted by Gasteiger charge is -2.32. The van der Waals surface area contributed by atoms with Crippen LogP contribution in [0.15, 0.2) is 30.3 Å². The van der Waals surface area contributed by atoms with Crippen molar-refractivity contribution in [2.24, 2.45) is 0 Å². The first-order valence-electron chi connectivity index (χ1n) is 9.87. The summed E-state index contributed by atoms with van der Waals surface area (Å²) < 4.78 is 5.39. The van der Waals surface area contributed by atoms with Gasteiger partial charge in [0.05, 0.1) is 0 Å². The van der Waals surface area contributed by atoms with Crippen LogP contribution in [0.2, 0.25) is 0 Å². The van der Waals surface area contributed by atoms with E-state index in [0.717, 1.165) is 31.5 Å². The number of rotatable bonds is 7. The minimum absolute atomic E-state index is 0.0383. The molecule has 1 N–H and O–H groups in total.